The summed E-state index contributed by atoms with van der Waals surface area (Å²) in [6, 6.07) is 3.53. The number of nitrogens with zero attached hydrogens (tertiary/aromatic N) is 3. The molecule has 0 unspecified atom stereocenters. The molecule has 39 heavy (non-hydrogen) atoms. The third-order valence-electron chi connectivity index (χ3n) is 5.74. The van der Waals surface area contributed by atoms with Crippen molar-refractivity contribution in [1.82, 2.24) is 14.8 Å². The maximum absolute atomic E-state index is 10.6. The second-order valence-corrected chi connectivity index (χ2v) is 9.04. The normalized spacial score (nSPS) is 10.7. The number of hydrogen-bond donors (Lipinski definition) is 0. The summed E-state index contributed by atoms with van der Waals surface area (Å²) >= 11 is 0. The highest BCUT2D eigenvalue weighted by molar-refractivity contribution is 5.38. The summed E-state index contributed by atoms with van der Waals surface area (Å²) in [6.07, 6.45) is 12.2. The molecule has 0 spiro atoms. The zero-order valence-corrected chi connectivity index (χ0v) is 23.0. The van der Waals surface area contributed by atoms with Gasteiger partial charge in [-0.05, 0) is 6.42 Å². The van der Waals surface area contributed by atoms with E-state index in [-0.39, 0.29) is 40.0 Å². The SMILES string of the molecule is CCCCCCCCCCCCOc1cc(CN(COC=O)COC=O)nc(CN(COC=O)COC=O)c1. The predicted molar refractivity (Wildman–Crippen MR) is 141 cm³/mol. The van der Waals surface area contributed by atoms with E-state index in [1.807, 2.05) is 0 Å². The van der Waals surface area contributed by atoms with E-state index in [0.29, 0.717) is 49.6 Å². The number of unbranched alkanes of at least 4 members (excludes halogenated alkanes) is 9. The molecule has 1 heterocycles. The quantitative estimate of drug-likeness (QED) is 0.0650. The van der Waals surface area contributed by atoms with Crippen LogP contribution in [0.1, 0.15) is 82.5 Å². The number of carbonyl (C=O) groups excluding carboxylic acids is 4. The van der Waals surface area contributed by atoms with Gasteiger partial charge in [-0.25, -0.2) is 9.80 Å². The van der Waals surface area contributed by atoms with Crippen molar-refractivity contribution in [3.63, 3.8) is 0 Å². The van der Waals surface area contributed by atoms with E-state index in [2.05, 4.69) is 11.9 Å². The topological polar surface area (TPSA) is 134 Å². The lowest BCUT2D eigenvalue weighted by Crippen LogP contribution is -2.30. The van der Waals surface area contributed by atoms with E-state index in [9.17, 15) is 19.2 Å². The number of aromatic nitrogens is 1. The van der Waals surface area contributed by atoms with Crippen molar-refractivity contribution in [2.45, 2.75) is 84.2 Å². The maximum atomic E-state index is 10.6. The largest absolute Gasteiger partial charge is 0.493 e. The zero-order valence-electron chi connectivity index (χ0n) is 23.0. The number of rotatable bonds is 28. The van der Waals surface area contributed by atoms with Crippen LogP contribution in [0.15, 0.2) is 12.1 Å². The minimum absolute atomic E-state index is 0.107. The zero-order chi connectivity index (χ0) is 28.4. The monoisotopic (exact) mass is 553 g/mol. The van der Waals surface area contributed by atoms with Gasteiger partial charge in [0.15, 0.2) is 0 Å². The van der Waals surface area contributed by atoms with Crippen LogP contribution in [-0.2, 0) is 51.2 Å². The molecule has 1 aromatic rings. The average molecular weight is 554 g/mol. The summed E-state index contributed by atoms with van der Waals surface area (Å²) in [4.78, 5) is 50.3. The fourth-order valence-electron chi connectivity index (χ4n) is 3.90. The van der Waals surface area contributed by atoms with Crippen LogP contribution >= 0.6 is 0 Å². The Kier molecular flexibility index (Phi) is 20.6. The molecule has 0 N–H and O–H groups in total. The summed E-state index contributed by atoms with van der Waals surface area (Å²) in [5.74, 6) is 0.589. The lowest BCUT2D eigenvalue weighted by atomic mass is 10.1. The first kappa shape index (κ1) is 33.8. The van der Waals surface area contributed by atoms with Crippen LogP contribution in [0.4, 0.5) is 0 Å². The molecule has 1 rings (SSSR count). The smallest absolute Gasteiger partial charge is 0.294 e. The van der Waals surface area contributed by atoms with Gasteiger partial charge in [-0.2, -0.15) is 0 Å². The third kappa shape index (κ3) is 17.8. The predicted octanol–water partition coefficient (Wildman–Crippen LogP) is 3.51. The van der Waals surface area contributed by atoms with Crippen LogP contribution in [-0.4, -0.2) is 74.2 Å². The number of ether oxygens (including phenoxy) is 5. The van der Waals surface area contributed by atoms with Crippen molar-refractivity contribution in [3.05, 3.63) is 23.5 Å². The first-order chi connectivity index (χ1) is 19.2. The Balaban J connectivity index is 2.77. The van der Waals surface area contributed by atoms with E-state index in [4.69, 9.17) is 23.7 Å². The van der Waals surface area contributed by atoms with Gasteiger partial charge in [0.25, 0.3) is 25.9 Å². The molecule has 0 aliphatic carbocycles. The summed E-state index contributed by atoms with van der Waals surface area (Å²) < 4.78 is 25.2. The van der Waals surface area contributed by atoms with Crippen LogP contribution < -0.4 is 4.74 Å². The van der Waals surface area contributed by atoms with Gasteiger partial charge in [-0.3, -0.25) is 24.2 Å². The molecule has 0 atom stereocenters. The summed E-state index contributed by atoms with van der Waals surface area (Å²) in [5, 5.41) is 0. The van der Waals surface area contributed by atoms with Gasteiger partial charge >= 0.3 is 0 Å². The van der Waals surface area contributed by atoms with Crippen molar-refractivity contribution in [1.29, 1.82) is 0 Å². The van der Waals surface area contributed by atoms with E-state index in [0.717, 1.165) is 12.8 Å². The Morgan fingerprint density at radius 1 is 0.615 bits per heavy atom. The molecule has 12 nitrogen and oxygen atoms in total. The van der Waals surface area contributed by atoms with Gasteiger partial charge in [0, 0.05) is 25.2 Å². The van der Waals surface area contributed by atoms with Gasteiger partial charge in [0.05, 0.1) is 18.0 Å². The van der Waals surface area contributed by atoms with Gasteiger partial charge in [-0.15, -0.1) is 0 Å². The van der Waals surface area contributed by atoms with Crippen LogP contribution in [0.3, 0.4) is 0 Å². The fraction of sp³-hybridized carbons (Fsp3) is 0.667. The van der Waals surface area contributed by atoms with Crippen molar-refractivity contribution in [2.24, 2.45) is 0 Å². The Morgan fingerprint density at radius 2 is 1.00 bits per heavy atom. The second kappa shape index (κ2) is 23.8. The maximum Gasteiger partial charge on any atom is 0.294 e. The molecule has 0 amide bonds. The Morgan fingerprint density at radius 3 is 1.38 bits per heavy atom. The Hall–Kier alpha value is -3.25. The molecule has 0 saturated carbocycles. The van der Waals surface area contributed by atoms with Crippen LogP contribution in [0.25, 0.3) is 0 Å². The van der Waals surface area contributed by atoms with E-state index < -0.39 is 0 Å². The van der Waals surface area contributed by atoms with Crippen LogP contribution in [0.5, 0.6) is 5.75 Å². The van der Waals surface area contributed by atoms with Crippen LogP contribution in [0.2, 0.25) is 0 Å². The minimum atomic E-state index is -0.107. The highest BCUT2D eigenvalue weighted by atomic mass is 16.6. The second-order valence-electron chi connectivity index (χ2n) is 9.04. The van der Waals surface area contributed by atoms with Gasteiger partial charge in [-0.1, -0.05) is 64.7 Å². The van der Waals surface area contributed by atoms with Gasteiger partial charge in [0.1, 0.15) is 32.7 Å². The molecular weight excluding hydrogens is 510 g/mol. The van der Waals surface area contributed by atoms with Crippen LogP contribution in [0, 0.1) is 0 Å². The average Bonchev–Trinajstić information content (AvgIpc) is 2.94. The molecule has 0 aliphatic heterocycles. The van der Waals surface area contributed by atoms with E-state index in [1.165, 1.54) is 51.4 Å². The molecule has 0 saturated heterocycles. The Bertz CT molecular complexity index is 726. The molecule has 12 heteroatoms. The molecule has 220 valence electrons. The number of hydrogen-bond acceptors (Lipinski definition) is 12. The summed E-state index contributed by atoms with van der Waals surface area (Å²) in [6.45, 7) is 3.94. The summed E-state index contributed by atoms with van der Waals surface area (Å²) in [5.41, 5.74) is 1.14. The lowest BCUT2D eigenvalue weighted by molar-refractivity contribution is -0.143. The molecule has 0 aromatic carbocycles. The van der Waals surface area contributed by atoms with E-state index in [1.54, 1.807) is 21.9 Å². The van der Waals surface area contributed by atoms with Crippen molar-refractivity contribution in [2.75, 3.05) is 33.5 Å². The molecule has 1 aromatic heterocycles. The first-order valence-corrected chi connectivity index (χ1v) is 13.4. The molecular formula is C27H43N3O9. The van der Waals surface area contributed by atoms with Gasteiger partial charge in [0.2, 0.25) is 0 Å². The van der Waals surface area contributed by atoms with E-state index >= 15 is 0 Å². The Labute approximate surface area is 230 Å². The van der Waals surface area contributed by atoms with Crippen molar-refractivity contribution >= 4 is 25.9 Å². The molecule has 0 aliphatic rings. The highest BCUT2D eigenvalue weighted by Gasteiger charge is 2.14. The number of pyridine rings is 1. The highest BCUT2D eigenvalue weighted by Crippen LogP contribution is 2.19. The molecule has 0 bridgehead atoms. The van der Waals surface area contributed by atoms with Gasteiger partial charge < -0.3 is 23.7 Å². The lowest BCUT2D eigenvalue weighted by Gasteiger charge is -2.22. The van der Waals surface area contributed by atoms with Crippen molar-refractivity contribution < 1.29 is 42.9 Å². The van der Waals surface area contributed by atoms with Crippen molar-refractivity contribution in [3.8, 4) is 5.75 Å². The third-order valence-corrected chi connectivity index (χ3v) is 5.74. The first-order valence-electron chi connectivity index (χ1n) is 13.4. The minimum Gasteiger partial charge on any atom is -0.493 e. The number of carbonyl (C=O) groups is 4. The standard InChI is InChI=1S/C27H43N3O9/c1-2-3-4-5-6-7-8-9-10-11-12-39-27-13-25(15-29(17-35-21-31)18-36-22-32)28-26(14-27)16-30(19-37-23-33)20-38-24-34/h13-14,21-24H,2-12,15-20H2,1H3. The fourth-order valence-corrected chi connectivity index (χ4v) is 3.90. The molecule has 0 fully saturated rings. The summed E-state index contributed by atoms with van der Waals surface area (Å²) in [7, 11) is 0. The molecule has 0 radical (unpaired) electrons.